The van der Waals surface area contributed by atoms with E-state index >= 15 is 0 Å². The third kappa shape index (κ3) is 3.76. The number of hydrogen-bond donors (Lipinski definition) is 1. The molecule has 0 aromatic heterocycles. The summed E-state index contributed by atoms with van der Waals surface area (Å²) in [5.74, 6) is -0.400. The molecule has 0 radical (unpaired) electrons. The molecule has 120 valence electrons. The molecule has 0 spiro atoms. The van der Waals surface area contributed by atoms with Gasteiger partial charge in [0, 0.05) is 0 Å². The fourth-order valence-electron chi connectivity index (χ4n) is 2.62. The molecule has 2 aliphatic rings. The Kier molecular flexibility index (Phi) is 4.73. The highest BCUT2D eigenvalue weighted by molar-refractivity contribution is 8.18. The maximum absolute atomic E-state index is 12.0. The molecule has 1 aromatic rings. The standard InChI is InChI=1S/C16H14ClNO4S/c17-11-7-9(8-13-14(19)18-16(21)23-13)5-6-12(11)22-15(20)10-3-1-2-4-10/h5-8,10H,1-4H2,(H,18,19,21)/b13-8-. The molecular formula is C16H14ClNO4S. The Bertz CT molecular complexity index is 710. The van der Waals surface area contributed by atoms with Crippen molar-refractivity contribution < 1.29 is 19.1 Å². The van der Waals surface area contributed by atoms with Gasteiger partial charge in [-0.3, -0.25) is 19.7 Å². The van der Waals surface area contributed by atoms with Crippen molar-refractivity contribution in [1.29, 1.82) is 0 Å². The summed E-state index contributed by atoms with van der Waals surface area (Å²) in [5, 5.41) is 2.08. The molecule has 23 heavy (non-hydrogen) atoms. The number of nitrogens with one attached hydrogen (secondary N) is 1. The van der Waals surface area contributed by atoms with Gasteiger partial charge in [-0.1, -0.05) is 30.5 Å². The van der Waals surface area contributed by atoms with Crippen LogP contribution >= 0.6 is 23.4 Å². The number of amides is 2. The molecule has 1 aliphatic carbocycles. The van der Waals surface area contributed by atoms with E-state index in [1.54, 1.807) is 24.3 Å². The van der Waals surface area contributed by atoms with Crippen LogP contribution in [0.2, 0.25) is 5.02 Å². The van der Waals surface area contributed by atoms with Crippen LogP contribution in [0.4, 0.5) is 4.79 Å². The number of imide groups is 1. The summed E-state index contributed by atoms with van der Waals surface area (Å²) in [4.78, 5) is 35.0. The van der Waals surface area contributed by atoms with Gasteiger partial charge >= 0.3 is 5.97 Å². The Balaban J connectivity index is 1.73. The minimum absolute atomic E-state index is 0.0440. The lowest BCUT2D eigenvalue weighted by Crippen LogP contribution is -2.18. The van der Waals surface area contributed by atoms with Crippen LogP contribution in [0.5, 0.6) is 5.75 Å². The number of rotatable bonds is 3. The first kappa shape index (κ1) is 16.1. The molecule has 0 bridgehead atoms. The second kappa shape index (κ2) is 6.76. The number of carbonyl (C=O) groups excluding carboxylic acids is 3. The van der Waals surface area contributed by atoms with Crippen molar-refractivity contribution in [3.05, 3.63) is 33.7 Å². The van der Waals surface area contributed by atoms with Gasteiger partial charge in [0.1, 0.15) is 5.75 Å². The van der Waals surface area contributed by atoms with E-state index in [4.69, 9.17) is 16.3 Å². The molecule has 1 aromatic carbocycles. The molecular weight excluding hydrogens is 338 g/mol. The van der Waals surface area contributed by atoms with Crippen LogP contribution in [-0.4, -0.2) is 17.1 Å². The molecule has 1 saturated heterocycles. The second-order valence-electron chi connectivity index (χ2n) is 5.44. The zero-order valence-corrected chi connectivity index (χ0v) is 13.7. The lowest BCUT2D eigenvalue weighted by Gasteiger charge is -2.10. The summed E-state index contributed by atoms with van der Waals surface area (Å²) in [6.45, 7) is 0. The van der Waals surface area contributed by atoms with Gasteiger partial charge in [-0.05, 0) is 48.4 Å². The van der Waals surface area contributed by atoms with Crippen molar-refractivity contribution >= 4 is 46.6 Å². The minimum Gasteiger partial charge on any atom is -0.425 e. The second-order valence-corrected chi connectivity index (χ2v) is 6.87. The van der Waals surface area contributed by atoms with Crippen molar-refractivity contribution in [2.75, 3.05) is 0 Å². The first-order chi connectivity index (χ1) is 11.0. The average molecular weight is 352 g/mol. The van der Waals surface area contributed by atoms with Crippen LogP contribution in [0.3, 0.4) is 0 Å². The highest BCUT2D eigenvalue weighted by Crippen LogP contribution is 2.32. The van der Waals surface area contributed by atoms with E-state index in [0.29, 0.717) is 21.2 Å². The van der Waals surface area contributed by atoms with Crippen molar-refractivity contribution in [2.24, 2.45) is 5.92 Å². The van der Waals surface area contributed by atoms with Crippen molar-refractivity contribution in [3.63, 3.8) is 0 Å². The molecule has 1 N–H and O–H groups in total. The largest absolute Gasteiger partial charge is 0.425 e. The van der Waals surface area contributed by atoms with E-state index in [1.165, 1.54) is 0 Å². The van der Waals surface area contributed by atoms with E-state index in [9.17, 15) is 14.4 Å². The van der Waals surface area contributed by atoms with Gasteiger partial charge < -0.3 is 4.74 Å². The van der Waals surface area contributed by atoms with Gasteiger partial charge in [0.15, 0.2) is 0 Å². The molecule has 0 atom stereocenters. The quantitative estimate of drug-likeness (QED) is 0.510. The number of benzene rings is 1. The normalized spacial score (nSPS) is 20.1. The van der Waals surface area contributed by atoms with Crippen molar-refractivity contribution in [2.45, 2.75) is 25.7 Å². The predicted octanol–water partition coefficient (Wildman–Crippen LogP) is 3.76. The van der Waals surface area contributed by atoms with Crippen LogP contribution in [0.25, 0.3) is 6.08 Å². The van der Waals surface area contributed by atoms with E-state index in [0.717, 1.165) is 37.4 Å². The highest BCUT2D eigenvalue weighted by Gasteiger charge is 2.26. The van der Waals surface area contributed by atoms with Gasteiger partial charge in [0.05, 0.1) is 15.8 Å². The topological polar surface area (TPSA) is 72.5 Å². The molecule has 1 saturated carbocycles. The third-order valence-corrected chi connectivity index (χ3v) is 4.90. The Labute approximate surface area is 142 Å². The number of ether oxygens (including phenoxy) is 1. The maximum Gasteiger partial charge on any atom is 0.314 e. The Morgan fingerprint density at radius 1 is 1.30 bits per heavy atom. The summed E-state index contributed by atoms with van der Waals surface area (Å²) < 4.78 is 5.36. The van der Waals surface area contributed by atoms with Crippen LogP contribution in [0, 0.1) is 5.92 Å². The summed E-state index contributed by atoms with van der Waals surface area (Å²) in [7, 11) is 0. The Morgan fingerprint density at radius 2 is 2.04 bits per heavy atom. The van der Waals surface area contributed by atoms with Gasteiger partial charge in [0.25, 0.3) is 11.1 Å². The molecule has 2 fully saturated rings. The van der Waals surface area contributed by atoms with E-state index < -0.39 is 11.1 Å². The van der Waals surface area contributed by atoms with Crippen molar-refractivity contribution in [1.82, 2.24) is 5.32 Å². The monoisotopic (exact) mass is 351 g/mol. The molecule has 1 aliphatic heterocycles. The molecule has 5 nitrogen and oxygen atoms in total. The number of esters is 1. The van der Waals surface area contributed by atoms with Crippen LogP contribution in [-0.2, 0) is 9.59 Å². The van der Waals surface area contributed by atoms with Crippen LogP contribution < -0.4 is 10.1 Å². The third-order valence-electron chi connectivity index (χ3n) is 3.79. The Hall–Kier alpha value is -1.79. The van der Waals surface area contributed by atoms with Gasteiger partial charge in [-0.15, -0.1) is 0 Å². The zero-order chi connectivity index (χ0) is 16.4. The number of hydrogen-bond acceptors (Lipinski definition) is 5. The van der Waals surface area contributed by atoms with Crippen LogP contribution in [0.1, 0.15) is 31.2 Å². The van der Waals surface area contributed by atoms with E-state index in [1.807, 2.05) is 0 Å². The molecule has 0 unspecified atom stereocenters. The fourth-order valence-corrected chi connectivity index (χ4v) is 3.53. The first-order valence-electron chi connectivity index (χ1n) is 7.29. The number of carbonyl (C=O) groups is 3. The molecule has 2 amide bonds. The zero-order valence-electron chi connectivity index (χ0n) is 12.1. The highest BCUT2D eigenvalue weighted by atomic mass is 35.5. The molecule has 3 rings (SSSR count). The van der Waals surface area contributed by atoms with E-state index in [-0.39, 0.29) is 11.9 Å². The summed E-state index contributed by atoms with van der Waals surface area (Å²) >= 11 is 6.99. The maximum atomic E-state index is 12.0. The lowest BCUT2D eigenvalue weighted by molar-refractivity contribution is -0.138. The van der Waals surface area contributed by atoms with Crippen molar-refractivity contribution in [3.8, 4) is 5.75 Å². The van der Waals surface area contributed by atoms with Gasteiger partial charge in [-0.25, -0.2) is 0 Å². The van der Waals surface area contributed by atoms with Gasteiger partial charge in [0.2, 0.25) is 0 Å². The van der Waals surface area contributed by atoms with Gasteiger partial charge in [-0.2, -0.15) is 0 Å². The number of halogens is 1. The number of thioether (sulfide) groups is 1. The molecule has 1 heterocycles. The SMILES string of the molecule is O=C1NC(=O)/C(=C/c2ccc(OC(=O)C3CCCC3)c(Cl)c2)S1. The summed E-state index contributed by atoms with van der Waals surface area (Å²) in [6.07, 6.45) is 5.40. The van der Waals surface area contributed by atoms with Crippen LogP contribution in [0.15, 0.2) is 23.1 Å². The fraction of sp³-hybridized carbons (Fsp3) is 0.312. The summed E-state index contributed by atoms with van der Waals surface area (Å²) in [5.41, 5.74) is 0.656. The average Bonchev–Trinajstić information content (AvgIpc) is 3.12. The predicted molar refractivity (Wildman–Crippen MR) is 88.2 cm³/mol. The smallest absolute Gasteiger partial charge is 0.314 e. The Morgan fingerprint density at radius 3 is 2.65 bits per heavy atom. The first-order valence-corrected chi connectivity index (χ1v) is 8.48. The van der Waals surface area contributed by atoms with E-state index in [2.05, 4.69) is 5.32 Å². The lowest BCUT2D eigenvalue weighted by atomic mass is 10.1. The summed E-state index contributed by atoms with van der Waals surface area (Å²) in [6, 6.07) is 4.89. The minimum atomic E-state index is -0.423. The molecule has 7 heteroatoms.